The fraction of sp³-hybridized carbons (Fsp3) is 0.263. The average Bonchev–Trinajstić information content (AvgIpc) is 3.08. The van der Waals surface area contributed by atoms with Gasteiger partial charge in [-0.15, -0.1) is 0 Å². The van der Waals surface area contributed by atoms with Crippen LogP contribution in [0.1, 0.15) is 25.1 Å². The number of amides is 1. The molecule has 0 spiro atoms. The minimum absolute atomic E-state index is 0.00561. The Labute approximate surface area is 146 Å². The van der Waals surface area contributed by atoms with Gasteiger partial charge in [0.1, 0.15) is 0 Å². The smallest absolute Gasteiger partial charge is 0.243 e. The van der Waals surface area contributed by atoms with E-state index in [0.717, 1.165) is 28.2 Å². The molecule has 4 rings (SSSR count). The number of anilines is 2. The summed E-state index contributed by atoms with van der Waals surface area (Å²) in [4.78, 5) is 27.9. The largest absolute Gasteiger partial charge is 0.338 e. The van der Waals surface area contributed by atoms with Gasteiger partial charge < -0.3 is 4.57 Å². The highest BCUT2D eigenvalue weighted by Crippen LogP contribution is 2.45. The van der Waals surface area contributed by atoms with Crippen molar-refractivity contribution in [3.05, 3.63) is 54.4 Å². The molecule has 0 bridgehead atoms. The Morgan fingerprint density at radius 2 is 1.92 bits per heavy atom. The van der Waals surface area contributed by atoms with Crippen LogP contribution in [-0.4, -0.2) is 25.4 Å². The molecular weight excluding hydrogens is 314 g/mol. The third kappa shape index (κ3) is 2.33. The maximum absolute atomic E-state index is 13.0. The molecule has 3 aromatic rings. The topological polar surface area (TPSA) is 63.9 Å². The number of carbonyl (C=O) groups excluding carboxylic acids is 1. The third-order valence-corrected chi connectivity index (χ3v) is 4.65. The summed E-state index contributed by atoms with van der Waals surface area (Å²) in [6.07, 6.45) is 7.12. The summed E-state index contributed by atoms with van der Waals surface area (Å²) in [5.41, 5.74) is 3.85. The maximum atomic E-state index is 13.0. The molecule has 126 valence electrons. The minimum Gasteiger partial charge on any atom is -0.338 e. The van der Waals surface area contributed by atoms with Crippen LogP contribution in [-0.2, 0) is 17.3 Å². The average molecular weight is 333 g/mol. The van der Waals surface area contributed by atoms with E-state index in [2.05, 4.69) is 15.0 Å². The molecule has 1 amide bonds. The number of nitrogens with zero attached hydrogens (tertiary/aromatic N) is 5. The molecule has 0 unspecified atom stereocenters. The van der Waals surface area contributed by atoms with Gasteiger partial charge in [0, 0.05) is 42.5 Å². The van der Waals surface area contributed by atoms with Crippen LogP contribution < -0.4 is 4.90 Å². The lowest BCUT2D eigenvalue weighted by Crippen LogP contribution is -2.33. The normalized spacial score (nSPS) is 15.5. The van der Waals surface area contributed by atoms with Crippen molar-refractivity contribution in [3.63, 3.8) is 0 Å². The van der Waals surface area contributed by atoms with Crippen LogP contribution in [0.3, 0.4) is 0 Å². The first kappa shape index (κ1) is 15.5. The Morgan fingerprint density at radius 3 is 2.60 bits per heavy atom. The van der Waals surface area contributed by atoms with Crippen LogP contribution in [0, 0.1) is 6.92 Å². The fourth-order valence-corrected chi connectivity index (χ4v) is 3.22. The van der Waals surface area contributed by atoms with Crippen molar-refractivity contribution >= 4 is 17.4 Å². The summed E-state index contributed by atoms with van der Waals surface area (Å²) in [6.45, 7) is 5.80. The van der Waals surface area contributed by atoms with Gasteiger partial charge in [0.15, 0.2) is 5.82 Å². The van der Waals surface area contributed by atoms with Crippen LogP contribution >= 0.6 is 0 Å². The highest BCUT2D eigenvalue weighted by molar-refractivity contribution is 6.12. The lowest BCUT2D eigenvalue weighted by atomic mass is 9.87. The molecule has 1 aliphatic heterocycles. The van der Waals surface area contributed by atoms with E-state index in [1.54, 1.807) is 23.6 Å². The number of pyridine rings is 2. The van der Waals surface area contributed by atoms with E-state index < -0.39 is 5.41 Å². The highest BCUT2D eigenvalue weighted by Gasteiger charge is 2.45. The second-order valence-corrected chi connectivity index (χ2v) is 6.94. The number of fused-ring (bicyclic) bond motifs is 1. The van der Waals surface area contributed by atoms with Gasteiger partial charge in [0.05, 0.1) is 23.1 Å². The number of rotatable bonds is 2. The van der Waals surface area contributed by atoms with Gasteiger partial charge in [-0.1, -0.05) is 0 Å². The number of carbonyl (C=O) groups is 1. The second-order valence-electron chi connectivity index (χ2n) is 6.94. The van der Waals surface area contributed by atoms with Gasteiger partial charge in [-0.05, 0) is 39.0 Å². The van der Waals surface area contributed by atoms with Crippen molar-refractivity contribution in [2.75, 3.05) is 4.90 Å². The van der Waals surface area contributed by atoms with Crippen molar-refractivity contribution in [1.29, 1.82) is 0 Å². The molecule has 0 saturated carbocycles. The van der Waals surface area contributed by atoms with Crippen molar-refractivity contribution in [2.45, 2.75) is 26.2 Å². The van der Waals surface area contributed by atoms with Crippen LogP contribution in [0.15, 0.2) is 43.1 Å². The van der Waals surface area contributed by atoms with Gasteiger partial charge in [-0.3, -0.25) is 19.7 Å². The zero-order valence-electron chi connectivity index (χ0n) is 14.7. The molecule has 25 heavy (non-hydrogen) atoms. The molecule has 0 aliphatic carbocycles. The van der Waals surface area contributed by atoms with E-state index in [1.165, 1.54) is 0 Å². The Kier molecular flexibility index (Phi) is 3.25. The van der Waals surface area contributed by atoms with Gasteiger partial charge >= 0.3 is 0 Å². The fourth-order valence-electron chi connectivity index (χ4n) is 3.22. The molecule has 0 aromatic carbocycles. The van der Waals surface area contributed by atoms with E-state index in [-0.39, 0.29) is 5.91 Å². The van der Waals surface area contributed by atoms with Crippen LogP contribution in [0.4, 0.5) is 11.5 Å². The van der Waals surface area contributed by atoms with Crippen molar-refractivity contribution in [2.24, 2.45) is 7.05 Å². The molecule has 0 atom stereocenters. The number of imidazole rings is 1. The molecule has 0 radical (unpaired) electrons. The van der Waals surface area contributed by atoms with Gasteiger partial charge in [0.2, 0.25) is 5.91 Å². The lowest BCUT2D eigenvalue weighted by Gasteiger charge is -2.18. The summed E-state index contributed by atoms with van der Waals surface area (Å²) < 4.78 is 1.84. The highest BCUT2D eigenvalue weighted by atomic mass is 16.2. The standard InChI is InChI=1S/C19H19N5O/c1-12-7-13(5-6-20-12)15-8-16-14(9-21-15)19(2,3)18(25)24(16)17-10-23(4)11-22-17/h5-11H,1-4H3. The Balaban J connectivity index is 1.90. The van der Waals surface area contributed by atoms with Crippen LogP contribution in [0.5, 0.6) is 0 Å². The third-order valence-electron chi connectivity index (χ3n) is 4.65. The Morgan fingerprint density at radius 1 is 1.12 bits per heavy atom. The number of aryl methyl sites for hydroxylation is 2. The van der Waals surface area contributed by atoms with Crippen molar-refractivity contribution in [3.8, 4) is 11.3 Å². The number of aromatic nitrogens is 4. The first-order chi connectivity index (χ1) is 11.9. The molecule has 0 N–H and O–H groups in total. The van der Waals surface area contributed by atoms with Gasteiger partial charge in [-0.2, -0.15) is 0 Å². The van der Waals surface area contributed by atoms with Gasteiger partial charge in [0.25, 0.3) is 0 Å². The molecule has 6 heteroatoms. The molecular formula is C19H19N5O. The zero-order valence-corrected chi connectivity index (χ0v) is 14.7. The monoisotopic (exact) mass is 333 g/mol. The molecule has 3 aromatic heterocycles. The molecule has 0 fully saturated rings. The number of hydrogen-bond acceptors (Lipinski definition) is 4. The van der Waals surface area contributed by atoms with E-state index in [1.807, 2.05) is 56.8 Å². The van der Waals surface area contributed by atoms with Crippen molar-refractivity contribution < 1.29 is 4.79 Å². The quantitative estimate of drug-likeness (QED) is 0.723. The minimum atomic E-state index is -0.632. The molecule has 0 saturated heterocycles. The summed E-state index contributed by atoms with van der Waals surface area (Å²) >= 11 is 0. The molecule has 1 aliphatic rings. The Hall–Kier alpha value is -3.02. The van der Waals surface area contributed by atoms with Gasteiger partial charge in [-0.25, -0.2) is 4.98 Å². The predicted molar refractivity (Wildman–Crippen MR) is 95.6 cm³/mol. The molecule has 4 heterocycles. The SMILES string of the molecule is Cc1cc(-c2cc3c(cn2)C(C)(C)C(=O)N3c2cn(C)cn2)ccn1. The molecule has 6 nitrogen and oxygen atoms in total. The zero-order chi connectivity index (χ0) is 17.8. The summed E-state index contributed by atoms with van der Waals surface area (Å²) in [7, 11) is 1.89. The maximum Gasteiger partial charge on any atom is 0.243 e. The summed E-state index contributed by atoms with van der Waals surface area (Å²) in [5.74, 6) is 0.633. The van der Waals surface area contributed by atoms with Crippen molar-refractivity contribution in [1.82, 2.24) is 19.5 Å². The number of hydrogen-bond donors (Lipinski definition) is 0. The lowest BCUT2D eigenvalue weighted by molar-refractivity contribution is -0.121. The van der Waals surface area contributed by atoms with E-state index in [9.17, 15) is 4.79 Å². The first-order valence-corrected chi connectivity index (χ1v) is 8.14. The summed E-state index contributed by atoms with van der Waals surface area (Å²) in [6, 6.07) is 5.88. The first-order valence-electron chi connectivity index (χ1n) is 8.14. The Bertz CT molecular complexity index is 989. The van der Waals surface area contributed by atoms with E-state index >= 15 is 0 Å². The van der Waals surface area contributed by atoms with E-state index in [0.29, 0.717) is 5.82 Å². The van der Waals surface area contributed by atoms with E-state index in [4.69, 9.17) is 0 Å². The second kappa shape index (κ2) is 5.24. The summed E-state index contributed by atoms with van der Waals surface area (Å²) in [5, 5.41) is 0. The van der Waals surface area contributed by atoms with Crippen LogP contribution in [0.25, 0.3) is 11.3 Å². The predicted octanol–water partition coefficient (Wildman–Crippen LogP) is 3.14. The van der Waals surface area contributed by atoms with Crippen LogP contribution in [0.2, 0.25) is 0 Å².